The van der Waals surface area contributed by atoms with Gasteiger partial charge in [0.1, 0.15) is 0 Å². The lowest BCUT2D eigenvalue weighted by atomic mass is 9.97. The first-order valence-corrected chi connectivity index (χ1v) is 8.52. The lowest BCUT2D eigenvalue weighted by Gasteiger charge is -2.08. The Balaban J connectivity index is 1.80. The third-order valence-corrected chi connectivity index (χ3v) is 5.29. The minimum absolute atomic E-state index is 1.08. The second kappa shape index (κ2) is 4.90. The quantitative estimate of drug-likeness (QED) is 0.332. The molecule has 5 rings (SSSR count). The van der Waals surface area contributed by atoms with Crippen molar-refractivity contribution in [1.82, 2.24) is 4.98 Å². The Morgan fingerprint density at radius 3 is 2.57 bits per heavy atom. The summed E-state index contributed by atoms with van der Waals surface area (Å²) in [7, 11) is 0. The Bertz CT molecular complexity index is 1170. The Morgan fingerprint density at radius 1 is 0.696 bits per heavy atom. The molecule has 2 heteroatoms. The van der Waals surface area contributed by atoms with Crippen LogP contribution in [0.3, 0.4) is 0 Å². The summed E-state index contributed by atoms with van der Waals surface area (Å²) in [6.07, 6.45) is 0. The van der Waals surface area contributed by atoms with Gasteiger partial charge in [-0.15, -0.1) is 11.3 Å². The topological polar surface area (TPSA) is 12.9 Å². The number of thiazole rings is 1. The molecule has 1 nitrogen and oxygen atoms in total. The molecule has 0 fully saturated rings. The van der Waals surface area contributed by atoms with Crippen molar-refractivity contribution in [2.45, 2.75) is 0 Å². The molecule has 0 aliphatic heterocycles. The van der Waals surface area contributed by atoms with Crippen molar-refractivity contribution >= 4 is 43.1 Å². The monoisotopic (exact) mass is 311 g/mol. The number of aromatic nitrogens is 1. The van der Waals surface area contributed by atoms with Crippen LogP contribution in [-0.4, -0.2) is 4.98 Å². The Hall–Kier alpha value is -2.71. The van der Waals surface area contributed by atoms with Crippen LogP contribution in [-0.2, 0) is 0 Å². The van der Waals surface area contributed by atoms with Crippen molar-refractivity contribution in [3.8, 4) is 11.1 Å². The molecule has 0 N–H and O–H groups in total. The van der Waals surface area contributed by atoms with Crippen LogP contribution in [0.1, 0.15) is 0 Å². The maximum atomic E-state index is 4.43. The van der Waals surface area contributed by atoms with Crippen LogP contribution in [0.15, 0.2) is 78.3 Å². The summed E-state index contributed by atoms with van der Waals surface area (Å²) < 4.78 is 1.26. The zero-order valence-corrected chi connectivity index (χ0v) is 13.2. The third-order valence-electron chi connectivity index (χ3n) is 4.41. The van der Waals surface area contributed by atoms with Crippen molar-refractivity contribution < 1.29 is 0 Å². The standard InChI is InChI=1S/C21H13NS/c1-2-5-17-14(4-1)8-9-15-12-16(10-11-18(15)17)19-6-3-7-20-21(19)23-13-22-20/h1-13H. The number of fused-ring (bicyclic) bond motifs is 4. The molecule has 108 valence electrons. The highest BCUT2D eigenvalue weighted by Crippen LogP contribution is 2.34. The van der Waals surface area contributed by atoms with Gasteiger partial charge in [-0.3, -0.25) is 0 Å². The van der Waals surface area contributed by atoms with Crippen molar-refractivity contribution in [3.05, 3.63) is 78.3 Å². The van der Waals surface area contributed by atoms with E-state index in [1.54, 1.807) is 11.3 Å². The first-order chi connectivity index (χ1) is 11.4. The van der Waals surface area contributed by atoms with E-state index in [0.717, 1.165) is 5.52 Å². The molecule has 0 radical (unpaired) electrons. The van der Waals surface area contributed by atoms with Gasteiger partial charge in [0.05, 0.1) is 15.7 Å². The normalized spacial score (nSPS) is 11.5. The molecule has 0 bridgehead atoms. The fourth-order valence-corrected chi connectivity index (χ4v) is 4.12. The van der Waals surface area contributed by atoms with Gasteiger partial charge in [0.25, 0.3) is 0 Å². The third kappa shape index (κ3) is 1.96. The smallest absolute Gasteiger partial charge is 0.0818 e. The summed E-state index contributed by atoms with van der Waals surface area (Å²) in [5.74, 6) is 0. The molecule has 0 atom stereocenters. The molecule has 23 heavy (non-hydrogen) atoms. The van der Waals surface area contributed by atoms with Crippen LogP contribution in [0.2, 0.25) is 0 Å². The zero-order valence-electron chi connectivity index (χ0n) is 12.4. The molecule has 0 saturated heterocycles. The summed E-state index contributed by atoms with van der Waals surface area (Å²) in [6.45, 7) is 0. The predicted octanol–water partition coefficient (Wildman–Crippen LogP) is 6.27. The number of hydrogen-bond donors (Lipinski definition) is 0. The van der Waals surface area contributed by atoms with Crippen molar-refractivity contribution in [1.29, 1.82) is 0 Å². The first-order valence-electron chi connectivity index (χ1n) is 7.64. The van der Waals surface area contributed by atoms with Crippen molar-refractivity contribution in [2.24, 2.45) is 0 Å². The molecule has 5 aromatic rings. The predicted molar refractivity (Wildman–Crippen MR) is 100 cm³/mol. The maximum absolute atomic E-state index is 4.43. The Kier molecular flexibility index (Phi) is 2.73. The van der Waals surface area contributed by atoms with Crippen LogP contribution in [0, 0.1) is 0 Å². The van der Waals surface area contributed by atoms with Crippen molar-refractivity contribution in [2.75, 3.05) is 0 Å². The molecular weight excluding hydrogens is 298 g/mol. The van der Waals surface area contributed by atoms with E-state index in [0.29, 0.717) is 0 Å². The highest BCUT2D eigenvalue weighted by Gasteiger charge is 2.07. The highest BCUT2D eigenvalue weighted by atomic mass is 32.1. The number of hydrogen-bond acceptors (Lipinski definition) is 2. The molecular formula is C21H13NS. The van der Waals surface area contributed by atoms with E-state index >= 15 is 0 Å². The van der Waals surface area contributed by atoms with E-state index in [1.165, 1.54) is 37.4 Å². The van der Waals surface area contributed by atoms with Gasteiger partial charge >= 0.3 is 0 Å². The molecule has 1 aromatic heterocycles. The second-order valence-corrected chi connectivity index (χ2v) is 6.58. The van der Waals surface area contributed by atoms with Crippen LogP contribution < -0.4 is 0 Å². The van der Waals surface area contributed by atoms with Gasteiger partial charge in [0.2, 0.25) is 0 Å². The fourth-order valence-electron chi connectivity index (χ4n) is 3.29. The molecule has 0 saturated carbocycles. The molecule has 0 amide bonds. The molecule has 0 unspecified atom stereocenters. The summed E-state index contributed by atoms with van der Waals surface area (Å²) in [4.78, 5) is 4.43. The van der Waals surface area contributed by atoms with E-state index in [-0.39, 0.29) is 0 Å². The number of rotatable bonds is 1. The van der Waals surface area contributed by atoms with Crippen LogP contribution in [0.25, 0.3) is 42.9 Å². The van der Waals surface area contributed by atoms with Crippen LogP contribution in [0.4, 0.5) is 0 Å². The maximum Gasteiger partial charge on any atom is 0.0818 e. The molecule has 1 heterocycles. The van der Waals surface area contributed by atoms with Gasteiger partial charge in [0, 0.05) is 5.56 Å². The molecule has 0 aliphatic carbocycles. The molecule has 0 aliphatic rings. The number of benzene rings is 4. The van der Waals surface area contributed by atoms with Crippen LogP contribution in [0.5, 0.6) is 0 Å². The summed E-state index contributed by atoms with van der Waals surface area (Å²) in [5, 5.41) is 5.19. The van der Waals surface area contributed by atoms with E-state index < -0.39 is 0 Å². The lowest BCUT2D eigenvalue weighted by molar-refractivity contribution is 1.50. The molecule has 0 spiro atoms. The van der Waals surface area contributed by atoms with Gasteiger partial charge in [-0.05, 0) is 39.2 Å². The number of nitrogens with zero attached hydrogens (tertiary/aromatic N) is 1. The summed E-state index contributed by atoms with van der Waals surface area (Å²) in [6, 6.07) is 26.1. The van der Waals surface area contributed by atoms with E-state index in [9.17, 15) is 0 Å². The molecule has 4 aromatic carbocycles. The summed E-state index contributed by atoms with van der Waals surface area (Å²) in [5.41, 5.74) is 5.51. The van der Waals surface area contributed by atoms with Crippen LogP contribution >= 0.6 is 11.3 Å². The van der Waals surface area contributed by atoms with E-state index in [1.807, 2.05) is 5.51 Å². The second-order valence-electron chi connectivity index (χ2n) is 5.73. The Labute approximate surface area is 137 Å². The fraction of sp³-hybridized carbons (Fsp3) is 0. The van der Waals surface area contributed by atoms with Gasteiger partial charge < -0.3 is 0 Å². The zero-order chi connectivity index (χ0) is 15.2. The SMILES string of the molecule is c1ccc2c(c1)ccc1cc(-c3cccc4ncsc34)ccc12. The minimum atomic E-state index is 1.08. The van der Waals surface area contributed by atoms with E-state index in [4.69, 9.17) is 0 Å². The summed E-state index contributed by atoms with van der Waals surface area (Å²) >= 11 is 1.71. The average molecular weight is 311 g/mol. The lowest BCUT2D eigenvalue weighted by Crippen LogP contribution is -1.82. The highest BCUT2D eigenvalue weighted by molar-refractivity contribution is 7.17. The van der Waals surface area contributed by atoms with E-state index in [2.05, 4.69) is 77.8 Å². The van der Waals surface area contributed by atoms with Gasteiger partial charge in [-0.25, -0.2) is 4.98 Å². The van der Waals surface area contributed by atoms with Crippen molar-refractivity contribution in [3.63, 3.8) is 0 Å². The largest absolute Gasteiger partial charge is 0.245 e. The minimum Gasteiger partial charge on any atom is -0.245 e. The first kappa shape index (κ1) is 12.8. The van der Waals surface area contributed by atoms with Gasteiger partial charge in [-0.1, -0.05) is 60.7 Å². The van der Waals surface area contributed by atoms with Gasteiger partial charge in [-0.2, -0.15) is 0 Å². The van der Waals surface area contributed by atoms with Gasteiger partial charge in [0.15, 0.2) is 0 Å². The Morgan fingerprint density at radius 2 is 1.57 bits per heavy atom. The average Bonchev–Trinajstić information content (AvgIpc) is 3.10.